The molecule has 1 saturated heterocycles. The lowest BCUT2D eigenvalue weighted by Crippen LogP contribution is -2.35. The summed E-state index contributed by atoms with van der Waals surface area (Å²) in [6, 6.07) is 10.5. The summed E-state index contributed by atoms with van der Waals surface area (Å²) in [5.74, 6) is -0.271. The maximum Gasteiger partial charge on any atom is 0.282 e. The van der Waals surface area contributed by atoms with E-state index in [0.29, 0.717) is 27.2 Å². The number of carbonyl (C=O) groups excluding carboxylic acids is 2. The number of ether oxygens (including phenoxy) is 2. The minimum Gasteiger partial charge on any atom is -0.493 e. The van der Waals surface area contributed by atoms with Gasteiger partial charge in [0.05, 0.1) is 12.8 Å². The molecule has 0 aromatic heterocycles. The highest BCUT2D eigenvalue weighted by molar-refractivity contribution is 9.10. The van der Waals surface area contributed by atoms with Crippen molar-refractivity contribution in [3.05, 3.63) is 69.7 Å². The number of methoxy groups -OCH3 is 1. The van der Waals surface area contributed by atoms with Gasteiger partial charge in [-0.3, -0.25) is 15.0 Å². The summed E-state index contributed by atoms with van der Waals surface area (Å²) in [5, 5.41) is 1.46. The fourth-order valence-corrected chi connectivity index (χ4v) is 3.28. The number of para-hydroxylation sites is 1. The van der Waals surface area contributed by atoms with Crippen molar-refractivity contribution in [1.82, 2.24) is 5.43 Å². The zero-order valence-electron chi connectivity index (χ0n) is 14.9. The first kappa shape index (κ1) is 20.0. The van der Waals surface area contributed by atoms with Crippen LogP contribution in [0.15, 0.2) is 59.1 Å². The second-order valence-electron chi connectivity index (χ2n) is 5.70. The number of halogens is 2. The highest BCUT2D eigenvalue weighted by Gasteiger charge is 2.34. The average molecular weight is 464 g/mol. The molecular weight excluding hydrogens is 448 g/mol. The first-order chi connectivity index (χ1) is 13.5. The molecule has 0 aliphatic carbocycles. The Morgan fingerprint density at radius 3 is 2.64 bits per heavy atom. The van der Waals surface area contributed by atoms with E-state index in [1.165, 1.54) is 18.2 Å². The zero-order chi connectivity index (χ0) is 20.3. The number of nitrogens with one attached hydrogen (secondary N) is 1. The molecule has 28 heavy (non-hydrogen) atoms. The molecule has 2 aromatic carbocycles. The number of nitrogens with zero attached hydrogens (tertiary/aromatic N) is 1. The molecule has 0 unspecified atom stereocenters. The van der Waals surface area contributed by atoms with Crippen LogP contribution in [0.3, 0.4) is 0 Å². The molecule has 1 N–H and O–H groups in total. The van der Waals surface area contributed by atoms with E-state index < -0.39 is 11.8 Å². The molecule has 0 saturated carbocycles. The van der Waals surface area contributed by atoms with Gasteiger partial charge in [0, 0.05) is 4.47 Å². The Kier molecular flexibility index (Phi) is 6.06. The van der Waals surface area contributed by atoms with Gasteiger partial charge in [-0.15, -0.1) is 0 Å². The molecule has 1 fully saturated rings. The van der Waals surface area contributed by atoms with Crippen molar-refractivity contribution < 1.29 is 19.1 Å². The minimum absolute atomic E-state index is 0.0255. The summed E-state index contributed by atoms with van der Waals surface area (Å²) < 4.78 is 11.4. The van der Waals surface area contributed by atoms with Crippen LogP contribution in [0.5, 0.6) is 11.5 Å². The summed E-state index contributed by atoms with van der Waals surface area (Å²) in [5.41, 5.74) is 3.59. The largest absolute Gasteiger partial charge is 0.493 e. The van der Waals surface area contributed by atoms with Gasteiger partial charge in [0.25, 0.3) is 11.8 Å². The van der Waals surface area contributed by atoms with Crippen LogP contribution in [0.25, 0.3) is 6.08 Å². The maximum absolute atomic E-state index is 12.7. The van der Waals surface area contributed by atoms with Gasteiger partial charge in [-0.05, 0) is 45.8 Å². The van der Waals surface area contributed by atoms with Gasteiger partial charge in [-0.25, -0.2) is 5.01 Å². The summed E-state index contributed by atoms with van der Waals surface area (Å²) in [6.07, 6.45) is 3.04. The SMILES string of the molecule is C=CCOc1c(OC)cc(C=C2C(=O)NN(c3ccccc3)C2=O)c(Br)c1Cl. The molecule has 2 amide bonds. The van der Waals surface area contributed by atoms with Crippen LogP contribution in [-0.4, -0.2) is 25.5 Å². The van der Waals surface area contributed by atoms with Gasteiger partial charge >= 0.3 is 0 Å². The molecule has 1 aliphatic rings. The molecule has 0 spiro atoms. The van der Waals surface area contributed by atoms with E-state index >= 15 is 0 Å². The predicted octanol–water partition coefficient (Wildman–Crippen LogP) is 4.14. The third-order valence-electron chi connectivity index (χ3n) is 3.93. The smallest absolute Gasteiger partial charge is 0.282 e. The average Bonchev–Trinajstić information content (AvgIpc) is 2.99. The monoisotopic (exact) mass is 462 g/mol. The third kappa shape index (κ3) is 3.76. The van der Waals surface area contributed by atoms with Crippen LogP contribution in [0.4, 0.5) is 5.69 Å². The molecule has 3 rings (SSSR count). The van der Waals surface area contributed by atoms with E-state index in [9.17, 15) is 9.59 Å². The highest BCUT2D eigenvalue weighted by atomic mass is 79.9. The van der Waals surface area contributed by atoms with E-state index in [1.807, 2.05) is 6.07 Å². The lowest BCUT2D eigenvalue weighted by Gasteiger charge is -2.15. The molecule has 0 bridgehead atoms. The summed E-state index contributed by atoms with van der Waals surface area (Å²) >= 11 is 9.79. The number of benzene rings is 2. The van der Waals surface area contributed by atoms with E-state index in [0.717, 1.165) is 0 Å². The van der Waals surface area contributed by atoms with Crippen molar-refractivity contribution in [3.63, 3.8) is 0 Å². The van der Waals surface area contributed by atoms with Crippen molar-refractivity contribution in [3.8, 4) is 11.5 Å². The number of hydrazine groups is 1. The van der Waals surface area contributed by atoms with Gasteiger partial charge in [0.1, 0.15) is 17.2 Å². The molecule has 1 aliphatic heterocycles. The van der Waals surface area contributed by atoms with Crippen molar-refractivity contribution >= 4 is 51.1 Å². The van der Waals surface area contributed by atoms with Crippen LogP contribution in [-0.2, 0) is 9.59 Å². The van der Waals surface area contributed by atoms with Crippen LogP contribution in [0, 0.1) is 0 Å². The first-order valence-electron chi connectivity index (χ1n) is 8.19. The molecule has 2 aromatic rings. The fraction of sp³-hybridized carbons (Fsp3) is 0.100. The maximum atomic E-state index is 12.7. The Morgan fingerprint density at radius 1 is 1.29 bits per heavy atom. The molecule has 1 heterocycles. The topological polar surface area (TPSA) is 67.9 Å². The second-order valence-corrected chi connectivity index (χ2v) is 6.87. The summed E-state index contributed by atoms with van der Waals surface area (Å²) in [7, 11) is 1.47. The van der Waals surface area contributed by atoms with Crippen LogP contribution in [0.2, 0.25) is 5.02 Å². The summed E-state index contributed by atoms with van der Waals surface area (Å²) in [4.78, 5) is 25.1. The number of carbonyl (C=O) groups is 2. The van der Waals surface area contributed by atoms with Crippen molar-refractivity contribution in [2.45, 2.75) is 0 Å². The number of rotatable bonds is 6. The fourth-order valence-electron chi connectivity index (χ4n) is 2.61. The van der Waals surface area contributed by atoms with Crippen LogP contribution in [0.1, 0.15) is 5.56 Å². The van der Waals surface area contributed by atoms with E-state index in [4.69, 9.17) is 21.1 Å². The molecular formula is C20H16BrClN2O4. The third-order valence-corrected chi connectivity index (χ3v) is 5.37. The van der Waals surface area contributed by atoms with Crippen molar-refractivity contribution in [2.24, 2.45) is 0 Å². The number of anilines is 1. The standard InChI is InChI=1S/C20H16BrClN2O4/c1-3-9-28-18-15(27-2)11-12(16(21)17(18)22)10-14-19(25)23-24(20(14)26)13-7-5-4-6-8-13/h3-8,10-11H,1,9H2,2H3,(H,23,25). The van der Waals surface area contributed by atoms with E-state index in [1.54, 1.807) is 36.4 Å². The lowest BCUT2D eigenvalue weighted by atomic mass is 10.1. The normalized spacial score (nSPS) is 15.0. The second kappa shape index (κ2) is 8.50. The molecule has 0 atom stereocenters. The number of hydrogen-bond acceptors (Lipinski definition) is 4. The van der Waals surface area contributed by atoms with Gasteiger partial charge in [-0.1, -0.05) is 42.5 Å². The number of hydrogen-bond donors (Lipinski definition) is 1. The number of amides is 2. The van der Waals surface area contributed by atoms with Gasteiger partial charge in [0.2, 0.25) is 0 Å². The quantitative estimate of drug-likeness (QED) is 0.397. The zero-order valence-corrected chi connectivity index (χ0v) is 17.2. The van der Waals surface area contributed by atoms with E-state index in [2.05, 4.69) is 27.9 Å². The van der Waals surface area contributed by atoms with Gasteiger partial charge in [-0.2, -0.15) is 0 Å². The van der Waals surface area contributed by atoms with Gasteiger partial charge < -0.3 is 9.47 Å². The minimum atomic E-state index is -0.511. The summed E-state index contributed by atoms with van der Waals surface area (Å²) in [6.45, 7) is 3.85. The Morgan fingerprint density at radius 2 is 2.00 bits per heavy atom. The first-order valence-corrected chi connectivity index (χ1v) is 9.37. The van der Waals surface area contributed by atoms with Crippen molar-refractivity contribution in [1.29, 1.82) is 0 Å². The Hall–Kier alpha value is -2.77. The Bertz CT molecular complexity index is 976. The lowest BCUT2D eigenvalue weighted by molar-refractivity contribution is -0.117. The highest BCUT2D eigenvalue weighted by Crippen LogP contribution is 2.43. The Balaban J connectivity index is 2.01. The van der Waals surface area contributed by atoms with Crippen molar-refractivity contribution in [2.75, 3.05) is 18.7 Å². The predicted molar refractivity (Wildman–Crippen MR) is 111 cm³/mol. The van der Waals surface area contributed by atoms with Crippen LogP contribution < -0.4 is 19.9 Å². The van der Waals surface area contributed by atoms with E-state index in [-0.39, 0.29) is 17.2 Å². The van der Waals surface area contributed by atoms with Gasteiger partial charge in [0.15, 0.2) is 11.5 Å². The van der Waals surface area contributed by atoms with Crippen LogP contribution >= 0.6 is 27.5 Å². The molecule has 0 radical (unpaired) electrons. The molecule has 144 valence electrons. The molecule has 6 nitrogen and oxygen atoms in total. The molecule has 8 heteroatoms. The Labute approximate surface area is 175 Å².